The number of nitrogens with zero attached hydrogens (tertiary/aromatic N) is 1. The lowest BCUT2D eigenvalue weighted by Gasteiger charge is -2.08. The second-order valence-corrected chi connectivity index (χ2v) is 3.69. The van der Waals surface area contributed by atoms with Gasteiger partial charge in [0.05, 0.1) is 11.3 Å². The van der Waals surface area contributed by atoms with Gasteiger partial charge in [0.1, 0.15) is 0 Å². The molecule has 7 heteroatoms. The molecule has 0 aliphatic rings. The molecule has 0 saturated heterocycles. The van der Waals surface area contributed by atoms with Crippen molar-refractivity contribution in [3.8, 4) is 0 Å². The number of alkyl halides is 3. The minimum atomic E-state index is -4.37. The molecular weight excluding hydrogens is 251 g/mol. The van der Waals surface area contributed by atoms with Crippen molar-refractivity contribution in [3.05, 3.63) is 35.4 Å². The van der Waals surface area contributed by atoms with Crippen molar-refractivity contribution in [2.24, 2.45) is 10.8 Å². The van der Waals surface area contributed by atoms with Crippen LogP contribution in [0.5, 0.6) is 0 Å². The fraction of sp³-hybridized carbons (Fsp3) is 0.200. The van der Waals surface area contributed by atoms with Gasteiger partial charge in [0.25, 0.3) is 0 Å². The normalized spacial score (nSPS) is 12.4. The molecule has 3 nitrogen and oxygen atoms in total. The van der Waals surface area contributed by atoms with Crippen LogP contribution >= 0.6 is 12.2 Å². The van der Waals surface area contributed by atoms with Crippen LogP contribution in [0.4, 0.5) is 13.2 Å². The number of rotatable bonds is 2. The lowest BCUT2D eigenvalue weighted by molar-refractivity contribution is -0.137. The average molecular weight is 261 g/mol. The first-order valence-electron chi connectivity index (χ1n) is 4.58. The van der Waals surface area contributed by atoms with E-state index in [4.69, 9.17) is 5.73 Å². The molecule has 0 unspecified atom stereocenters. The summed E-state index contributed by atoms with van der Waals surface area (Å²) in [6.07, 6.45) is -4.37. The Balaban J connectivity index is 3.00. The van der Waals surface area contributed by atoms with Gasteiger partial charge in [0.15, 0.2) is 5.11 Å². The molecule has 1 rings (SSSR count). The van der Waals surface area contributed by atoms with E-state index >= 15 is 0 Å². The molecule has 3 N–H and O–H groups in total. The predicted molar refractivity (Wildman–Crippen MR) is 63.6 cm³/mol. The highest BCUT2D eigenvalue weighted by atomic mass is 32.1. The van der Waals surface area contributed by atoms with E-state index in [1.54, 1.807) is 6.92 Å². The summed E-state index contributed by atoms with van der Waals surface area (Å²) in [5.41, 5.74) is 7.46. The number of halogens is 3. The summed E-state index contributed by atoms with van der Waals surface area (Å²) in [6, 6.07) is 4.85. The van der Waals surface area contributed by atoms with Gasteiger partial charge >= 0.3 is 6.18 Å². The summed E-state index contributed by atoms with van der Waals surface area (Å²) >= 11 is 4.53. The molecule has 1 aromatic carbocycles. The second-order valence-electron chi connectivity index (χ2n) is 3.25. The fourth-order valence-electron chi connectivity index (χ4n) is 1.12. The van der Waals surface area contributed by atoms with Crippen LogP contribution in [0.1, 0.15) is 18.1 Å². The summed E-state index contributed by atoms with van der Waals surface area (Å²) in [7, 11) is 0. The molecule has 0 saturated carbocycles. The third kappa shape index (κ3) is 4.03. The first-order valence-corrected chi connectivity index (χ1v) is 4.99. The number of nitrogens with one attached hydrogen (secondary N) is 1. The molecule has 0 spiro atoms. The molecule has 0 aliphatic carbocycles. The minimum absolute atomic E-state index is 0.0451. The average Bonchev–Trinajstić information content (AvgIpc) is 2.25. The van der Waals surface area contributed by atoms with Gasteiger partial charge in [-0.3, -0.25) is 5.43 Å². The molecule has 0 amide bonds. The maximum Gasteiger partial charge on any atom is 0.416 e. The Labute approximate surface area is 102 Å². The Kier molecular flexibility index (Phi) is 4.06. The number of hydrogen-bond acceptors (Lipinski definition) is 2. The largest absolute Gasteiger partial charge is 0.416 e. The number of benzene rings is 1. The van der Waals surface area contributed by atoms with Gasteiger partial charge < -0.3 is 5.73 Å². The standard InChI is InChI=1S/C10H10F3N3S/c1-6(15-16-9(14)17)7-3-2-4-8(5-7)10(11,12)13/h2-5H,1H3,(H3,14,16,17)/b15-6+. The molecule has 0 aliphatic heterocycles. The maximum absolute atomic E-state index is 12.4. The Morgan fingerprint density at radius 3 is 2.59 bits per heavy atom. The van der Waals surface area contributed by atoms with Crippen LogP contribution in [0.3, 0.4) is 0 Å². The third-order valence-electron chi connectivity index (χ3n) is 1.94. The highest BCUT2D eigenvalue weighted by Crippen LogP contribution is 2.29. The molecule has 17 heavy (non-hydrogen) atoms. The second kappa shape index (κ2) is 5.13. The molecule has 0 radical (unpaired) electrons. The van der Waals surface area contributed by atoms with Crippen molar-refractivity contribution in [2.75, 3.05) is 0 Å². The zero-order chi connectivity index (χ0) is 13.1. The van der Waals surface area contributed by atoms with E-state index in [-0.39, 0.29) is 5.11 Å². The van der Waals surface area contributed by atoms with E-state index in [2.05, 4.69) is 22.7 Å². The van der Waals surface area contributed by atoms with Gasteiger partial charge in [-0.25, -0.2) is 0 Å². The summed E-state index contributed by atoms with van der Waals surface area (Å²) in [6.45, 7) is 1.56. The van der Waals surface area contributed by atoms with Crippen molar-refractivity contribution >= 4 is 23.0 Å². The lowest BCUT2D eigenvalue weighted by Crippen LogP contribution is -2.25. The van der Waals surface area contributed by atoms with E-state index in [1.807, 2.05) is 0 Å². The molecule has 0 fully saturated rings. The van der Waals surface area contributed by atoms with Crippen molar-refractivity contribution < 1.29 is 13.2 Å². The topological polar surface area (TPSA) is 50.4 Å². The van der Waals surface area contributed by atoms with Crippen molar-refractivity contribution in [3.63, 3.8) is 0 Å². The quantitative estimate of drug-likeness (QED) is 0.488. The Morgan fingerprint density at radius 1 is 1.41 bits per heavy atom. The number of hydrogen-bond donors (Lipinski definition) is 2. The number of nitrogens with two attached hydrogens (primary N) is 1. The van der Waals surface area contributed by atoms with E-state index in [1.165, 1.54) is 12.1 Å². The summed E-state index contributed by atoms with van der Waals surface area (Å²) in [5, 5.41) is 3.71. The van der Waals surface area contributed by atoms with Gasteiger partial charge in [-0.1, -0.05) is 12.1 Å². The molecule has 0 atom stereocenters. The van der Waals surface area contributed by atoms with E-state index < -0.39 is 11.7 Å². The first kappa shape index (κ1) is 13.4. The summed E-state index contributed by atoms with van der Waals surface area (Å²) in [4.78, 5) is 0. The van der Waals surface area contributed by atoms with Crippen molar-refractivity contribution in [1.29, 1.82) is 0 Å². The molecule has 0 aromatic heterocycles. The van der Waals surface area contributed by atoms with Gasteiger partial charge in [0, 0.05) is 0 Å². The maximum atomic E-state index is 12.4. The predicted octanol–water partition coefficient (Wildman–Crippen LogP) is 2.26. The summed E-state index contributed by atoms with van der Waals surface area (Å²) in [5.74, 6) is 0. The molecule has 0 bridgehead atoms. The van der Waals surface area contributed by atoms with Crippen LogP contribution in [0, 0.1) is 0 Å². The van der Waals surface area contributed by atoms with Gasteiger partial charge in [-0.15, -0.1) is 0 Å². The first-order chi connectivity index (χ1) is 7.80. The number of hydrazone groups is 1. The van der Waals surface area contributed by atoms with Crippen molar-refractivity contribution in [1.82, 2.24) is 5.43 Å². The zero-order valence-corrected chi connectivity index (χ0v) is 9.69. The fourth-order valence-corrected chi connectivity index (χ4v) is 1.17. The highest BCUT2D eigenvalue weighted by molar-refractivity contribution is 7.80. The Hall–Kier alpha value is -1.63. The van der Waals surface area contributed by atoms with E-state index in [9.17, 15) is 13.2 Å². The monoisotopic (exact) mass is 261 g/mol. The van der Waals surface area contributed by atoms with Crippen LogP contribution in [-0.4, -0.2) is 10.8 Å². The molecular formula is C10H10F3N3S. The van der Waals surface area contributed by atoms with Crippen LogP contribution in [0.15, 0.2) is 29.4 Å². The summed E-state index contributed by atoms with van der Waals surface area (Å²) < 4.78 is 37.3. The third-order valence-corrected chi connectivity index (χ3v) is 2.03. The van der Waals surface area contributed by atoms with E-state index in [0.29, 0.717) is 11.3 Å². The minimum Gasteiger partial charge on any atom is -0.375 e. The lowest BCUT2D eigenvalue weighted by atomic mass is 10.1. The van der Waals surface area contributed by atoms with Gasteiger partial charge in [-0.2, -0.15) is 18.3 Å². The SMILES string of the molecule is C/C(=N\NC(N)=S)c1cccc(C(F)(F)F)c1. The molecule has 92 valence electrons. The smallest absolute Gasteiger partial charge is 0.375 e. The van der Waals surface area contributed by atoms with Gasteiger partial charge in [0.2, 0.25) is 0 Å². The molecule has 0 heterocycles. The van der Waals surface area contributed by atoms with Crippen LogP contribution < -0.4 is 11.2 Å². The van der Waals surface area contributed by atoms with Crippen LogP contribution in [-0.2, 0) is 6.18 Å². The Bertz CT molecular complexity index is 454. The molecule has 1 aromatic rings. The van der Waals surface area contributed by atoms with Crippen LogP contribution in [0.2, 0.25) is 0 Å². The van der Waals surface area contributed by atoms with E-state index in [0.717, 1.165) is 12.1 Å². The Morgan fingerprint density at radius 2 is 2.06 bits per heavy atom. The van der Waals surface area contributed by atoms with Crippen LogP contribution in [0.25, 0.3) is 0 Å². The van der Waals surface area contributed by atoms with Gasteiger partial charge in [-0.05, 0) is 36.8 Å². The number of thiocarbonyl (C=S) groups is 1. The zero-order valence-electron chi connectivity index (χ0n) is 8.88. The van der Waals surface area contributed by atoms with Crippen molar-refractivity contribution in [2.45, 2.75) is 13.1 Å². The highest BCUT2D eigenvalue weighted by Gasteiger charge is 2.30.